The minimum Gasteiger partial charge on any atom is -0.872 e. The Morgan fingerprint density at radius 2 is 1.81 bits per heavy atom. The third-order valence-corrected chi connectivity index (χ3v) is 3.50. The van der Waals surface area contributed by atoms with Crippen molar-refractivity contribution < 1.29 is 14.9 Å². The van der Waals surface area contributed by atoms with Gasteiger partial charge in [-0.15, -0.1) is 5.75 Å². The number of nitrogens with zero attached hydrogens (tertiary/aromatic N) is 1. The zero-order valence-corrected chi connectivity index (χ0v) is 11.9. The Hall–Kier alpha value is -2.46. The highest BCUT2D eigenvalue weighted by molar-refractivity contribution is 5.68. The molecule has 0 radical (unpaired) electrons. The van der Waals surface area contributed by atoms with Gasteiger partial charge < -0.3 is 19.8 Å². The molecule has 1 aliphatic heterocycles. The minimum atomic E-state index is -0.766. The Morgan fingerprint density at radius 3 is 2.48 bits per heavy atom. The van der Waals surface area contributed by atoms with E-state index in [2.05, 4.69) is 0 Å². The molecule has 4 nitrogen and oxygen atoms in total. The smallest absolute Gasteiger partial charge is 0.133 e. The van der Waals surface area contributed by atoms with E-state index >= 15 is 0 Å². The first kappa shape index (κ1) is 13.5. The molecule has 2 aromatic carbocycles. The fourth-order valence-electron chi connectivity index (χ4n) is 2.31. The van der Waals surface area contributed by atoms with Crippen LogP contribution in [0.25, 0.3) is 5.76 Å². The molecule has 0 spiro atoms. The molecule has 21 heavy (non-hydrogen) atoms. The molecule has 0 amide bonds. The first-order valence-electron chi connectivity index (χ1n) is 6.71. The number of hydrogen-bond acceptors (Lipinski definition) is 4. The largest absolute Gasteiger partial charge is 0.872 e. The number of fused-ring (bicyclic) bond motifs is 1. The average Bonchev–Trinajstić information content (AvgIpc) is 2.46. The van der Waals surface area contributed by atoms with E-state index in [4.69, 9.17) is 4.74 Å². The summed E-state index contributed by atoms with van der Waals surface area (Å²) >= 11 is 0. The van der Waals surface area contributed by atoms with E-state index in [1.807, 2.05) is 43.3 Å². The molecule has 0 bridgehead atoms. The average molecular weight is 282 g/mol. The van der Waals surface area contributed by atoms with Crippen LogP contribution < -0.4 is 14.7 Å². The lowest BCUT2D eigenvalue weighted by Crippen LogP contribution is -2.10. The van der Waals surface area contributed by atoms with E-state index in [0.717, 1.165) is 11.3 Å². The molecular weight excluding hydrogens is 266 g/mol. The first-order valence-corrected chi connectivity index (χ1v) is 6.71. The summed E-state index contributed by atoms with van der Waals surface area (Å²) in [4.78, 5) is 2.01. The van der Waals surface area contributed by atoms with E-state index in [1.54, 1.807) is 12.1 Å². The zero-order valence-electron chi connectivity index (χ0n) is 11.9. The third kappa shape index (κ3) is 2.58. The molecule has 2 aromatic rings. The second-order valence-corrected chi connectivity index (χ2v) is 5.22. The lowest BCUT2D eigenvalue weighted by molar-refractivity contribution is -0.268. The van der Waals surface area contributed by atoms with E-state index in [0.29, 0.717) is 17.1 Å². The van der Waals surface area contributed by atoms with E-state index in [1.165, 1.54) is 12.1 Å². The van der Waals surface area contributed by atoms with Crippen LogP contribution in [0.5, 0.6) is 11.5 Å². The lowest BCUT2D eigenvalue weighted by Gasteiger charge is -2.24. The first-order chi connectivity index (χ1) is 10.0. The molecule has 1 aliphatic rings. The zero-order chi connectivity index (χ0) is 15.0. The Morgan fingerprint density at radius 1 is 1.10 bits per heavy atom. The maximum Gasteiger partial charge on any atom is 0.133 e. The maximum absolute atomic E-state index is 11.4. The summed E-state index contributed by atoms with van der Waals surface area (Å²) in [5.41, 5.74) is 2.56. The molecule has 0 saturated heterocycles. The van der Waals surface area contributed by atoms with E-state index in [-0.39, 0.29) is 5.75 Å². The van der Waals surface area contributed by atoms with Crippen LogP contribution in [0.4, 0.5) is 5.69 Å². The van der Waals surface area contributed by atoms with Gasteiger partial charge in [-0.25, -0.2) is 0 Å². The highest BCUT2D eigenvalue weighted by Crippen LogP contribution is 2.37. The number of aliphatic hydroxyl groups is 1. The second-order valence-electron chi connectivity index (χ2n) is 5.22. The lowest BCUT2D eigenvalue weighted by atomic mass is 10.0. The van der Waals surface area contributed by atoms with Crippen molar-refractivity contribution in [3.8, 4) is 11.5 Å². The highest BCUT2D eigenvalue weighted by Gasteiger charge is 2.20. The fourth-order valence-corrected chi connectivity index (χ4v) is 2.31. The molecule has 1 heterocycles. The Balaban J connectivity index is 1.93. The van der Waals surface area contributed by atoms with Crippen molar-refractivity contribution in [2.24, 2.45) is 0 Å². The number of anilines is 1. The van der Waals surface area contributed by atoms with Crippen LogP contribution >= 0.6 is 0 Å². The van der Waals surface area contributed by atoms with Crippen LogP contribution in [-0.2, 0) is 0 Å². The van der Waals surface area contributed by atoms with Gasteiger partial charge in [0.25, 0.3) is 0 Å². The number of hydrogen-bond donors (Lipinski definition) is 1. The monoisotopic (exact) mass is 282 g/mol. The van der Waals surface area contributed by atoms with Gasteiger partial charge in [-0.05, 0) is 36.4 Å². The molecule has 1 unspecified atom stereocenters. The Labute approximate surface area is 123 Å². The number of benzene rings is 2. The van der Waals surface area contributed by atoms with Crippen molar-refractivity contribution in [3.63, 3.8) is 0 Å². The van der Waals surface area contributed by atoms with Gasteiger partial charge in [-0.1, -0.05) is 12.1 Å². The SMILES string of the molecule is CN(C)c1ccc(C2=CC(O)c3ccc([O-])cc3O2)cc1. The van der Waals surface area contributed by atoms with Gasteiger partial charge in [0.15, 0.2) is 0 Å². The van der Waals surface area contributed by atoms with Gasteiger partial charge in [0, 0.05) is 30.9 Å². The molecule has 1 N–H and O–H groups in total. The van der Waals surface area contributed by atoms with Crippen LogP contribution in [0.3, 0.4) is 0 Å². The number of aliphatic hydroxyl groups excluding tert-OH is 1. The Bertz CT molecular complexity index is 690. The van der Waals surface area contributed by atoms with Gasteiger partial charge in [-0.2, -0.15) is 0 Å². The third-order valence-electron chi connectivity index (χ3n) is 3.50. The van der Waals surface area contributed by atoms with E-state index in [9.17, 15) is 10.2 Å². The second kappa shape index (κ2) is 5.14. The summed E-state index contributed by atoms with van der Waals surface area (Å²) in [6.07, 6.45) is 0.884. The van der Waals surface area contributed by atoms with Gasteiger partial charge >= 0.3 is 0 Å². The molecule has 3 rings (SSSR count). The van der Waals surface area contributed by atoms with Crippen LogP contribution in [-0.4, -0.2) is 19.2 Å². The number of ether oxygens (including phenoxy) is 1. The fraction of sp³-hybridized carbons (Fsp3) is 0.176. The van der Waals surface area contributed by atoms with Gasteiger partial charge in [0.05, 0.1) is 0 Å². The predicted molar refractivity (Wildman–Crippen MR) is 80.2 cm³/mol. The van der Waals surface area contributed by atoms with Crippen molar-refractivity contribution in [2.45, 2.75) is 6.10 Å². The standard InChI is InChI=1S/C17H17NO3/c1-18(2)12-5-3-11(4-6-12)16-10-15(20)14-8-7-13(19)9-17(14)21-16/h3-10,15,19-20H,1-2H3/p-1. The normalized spacial score (nSPS) is 16.7. The summed E-state index contributed by atoms with van der Waals surface area (Å²) in [6.45, 7) is 0. The van der Waals surface area contributed by atoms with E-state index < -0.39 is 6.10 Å². The van der Waals surface area contributed by atoms with Crippen LogP contribution in [0.15, 0.2) is 48.5 Å². The molecule has 4 heteroatoms. The molecule has 1 atom stereocenters. The van der Waals surface area contributed by atoms with Crippen molar-refractivity contribution in [1.82, 2.24) is 0 Å². The summed E-state index contributed by atoms with van der Waals surface area (Å²) in [5, 5.41) is 21.6. The molecule has 0 aliphatic carbocycles. The van der Waals surface area contributed by atoms with Crippen molar-refractivity contribution >= 4 is 11.4 Å². The van der Waals surface area contributed by atoms with Gasteiger partial charge in [0.2, 0.25) is 0 Å². The molecule has 0 fully saturated rings. The summed E-state index contributed by atoms with van der Waals surface area (Å²) in [7, 11) is 3.95. The van der Waals surface area contributed by atoms with Crippen LogP contribution in [0.1, 0.15) is 17.2 Å². The molecular formula is C17H16NO3-. The van der Waals surface area contributed by atoms with Gasteiger partial charge in [0.1, 0.15) is 17.6 Å². The summed E-state index contributed by atoms with van der Waals surface area (Å²) < 4.78 is 5.76. The summed E-state index contributed by atoms with van der Waals surface area (Å²) in [6, 6.07) is 12.2. The van der Waals surface area contributed by atoms with Crippen molar-refractivity contribution in [1.29, 1.82) is 0 Å². The van der Waals surface area contributed by atoms with Crippen molar-refractivity contribution in [3.05, 3.63) is 59.7 Å². The predicted octanol–water partition coefficient (Wildman–Crippen LogP) is 2.29. The maximum atomic E-state index is 11.4. The number of rotatable bonds is 2. The van der Waals surface area contributed by atoms with Gasteiger partial charge in [-0.3, -0.25) is 0 Å². The van der Waals surface area contributed by atoms with Crippen molar-refractivity contribution in [2.75, 3.05) is 19.0 Å². The highest BCUT2D eigenvalue weighted by atomic mass is 16.5. The molecule has 0 aromatic heterocycles. The van der Waals surface area contributed by atoms with Crippen LogP contribution in [0.2, 0.25) is 0 Å². The molecule has 0 saturated carbocycles. The Kier molecular flexibility index (Phi) is 3.31. The molecule has 108 valence electrons. The summed E-state index contributed by atoms with van der Waals surface area (Å²) in [5.74, 6) is 0.847. The topological polar surface area (TPSA) is 55.8 Å². The minimum absolute atomic E-state index is 0.134. The van der Waals surface area contributed by atoms with Crippen LogP contribution in [0, 0.1) is 0 Å². The quantitative estimate of drug-likeness (QED) is 0.918.